The van der Waals surface area contributed by atoms with Crippen molar-refractivity contribution in [3.8, 4) is 0 Å². The van der Waals surface area contributed by atoms with Crippen LogP contribution in [-0.4, -0.2) is 73.7 Å². The van der Waals surface area contributed by atoms with E-state index in [9.17, 15) is 4.79 Å². The third-order valence-corrected chi connectivity index (χ3v) is 5.58. The molecule has 2 heterocycles. The molecule has 2 aromatic carbocycles. The summed E-state index contributed by atoms with van der Waals surface area (Å²) in [7, 11) is 1.70. The highest BCUT2D eigenvalue weighted by molar-refractivity contribution is 6.44. The van der Waals surface area contributed by atoms with Crippen LogP contribution in [0.15, 0.2) is 71.5 Å². The molecule has 0 saturated carbocycles. The van der Waals surface area contributed by atoms with Gasteiger partial charge in [-0.15, -0.1) is 0 Å². The Morgan fingerprint density at radius 2 is 1.81 bits per heavy atom. The van der Waals surface area contributed by atoms with Gasteiger partial charge in [0.2, 0.25) is 12.1 Å². The van der Waals surface area contributed by atoms with E-state index < -0.39 is 24.0 Å². The zero-order chi connectivity index (χ0) is 25.5. The number of ether oxygens (including phenoxy) is 2. The number of amides is 1. The minimum absolute atomic E-state index is 0.205. The summed E-state index contributed by atoms with van der Waals surface area (Å²) >= 11 is 0. The van der Waals surface area contributed by atoms with Gasteiger partial charge in [0.1, 0.15) is 5.71 Å². The number of hydrogen-bond acceptors (Lipinski definition) is 9. The SMILES string of the molecule is CN/C=C(\C(=N)C(=N)OC(=N)NC1N=C(c2ccccc2)c2ccccc2NC1=O)N1CCOCC1. The summed E-state index contributed by atoms with van der Waals surface area (Å²) in [5.41, 5.74) is 2.97. The average molecular weight is 489 g/mol. The molecule has 4 rings (SSSR count). The number of nitrogens with one attached hydrogen (secondary N) is 6. The molecule has 1 atom stereocenters. The van der Waals surface area contributed by atoms with Crippen molar-refractivity contribution in [3.63, 3.8) is 0 Å². The van der Waals surface area contributed by atoms with Crippen LogP contribution >= 0.6 is 0 Å². The van der Waals surface area contributed by atoms with Gasteiger partial charge in [0.15, 0.2) is 0 Å². The second kappa shape index (κ2) is 11.3. The van der Waals surface area contributed by atoms with E-state index in [2.05, 4.69) is 20.9 Å². The standard InChI is InChI=1S/C25H28N8O3/c1-29-15-19(33-11-13-35-14-12-33)20(26)22(27)36-25(28)32-23-24(34)30-18-10-6-5-9-17(18)21(31-23)16-7-3-2-4-8-16/h2-10,15,23,26-27,29H,11-14H2,1H3,(H2,28,32)(H,30,34)/b19-15+,26-20?,27-22?. The Morgan fingerprint density at radius 3 is 2.53 bits per heavy atom. The molecule has 11 nitrogen and oxygen atoms in total. The molecule has 1 fully saturated rings. The first-order valence-corrected chi connectivity index (χ1v) is 11.4. The van der Waals surface area contributed by atoms with Crippen molar-refractivity contribution in [3.05, 3.63) is 77.6 Å². The number of amidine groups is 1. The van der Waals surface area contributed by atoms with Gasteiger partial charge in [0, 0.05) is 37.5 Å². The van der Waals surface area contributed by atoms with Crippen LogP contribution in [-0.2, 0) is 14.3 Å². The summed E-state index contributed by atoms with van der Waals surface area (Å²) < 4.78 is 10.7. The molecular formula is C25H28N8O3. The number of benzodiazepines with no additional fused rings is 1. The summed E-state index contributed by atoms with van der Waals surface area (Å²) in [6.45, 7) is 2.17. The number of carbonyl (C=O) groups is 1. The summed E-state index contributed by atoms with van der Waals surface area (Å²) in [4.78, 5) is 19.5. The van der Waals surface area contributed by atoms with Crippen molar-refractivity contribution in [1.29, 1.82) is 16.2 Å². The Morgan fingerprint density at radius 1 is 1.11 bits per heavy atom. The first kappa shape index (κ1) is 24.6. The molecule has 36 heavy (non-hydrogen) atoms. The lowest BCUT2D eigenvalue weighted by Gasteiger charge is -2.31. The van der Waals surface area contributed by atoms with Crippen LogP contribution in [0.2, 0.25) is 0 Å². The number of morpholine rings is 1. The molecule has 1 amide bonds. The molecule has 2 aliphatic rings. The van der Waals surface area contributed by atoms with Gasteiger partial charge in [0.05, 0.1) is 30.3 Å². The second-order valence-corrected chi connectivity index (χ2v) is 7.98. The number of para-hydroxylation sites is 1. The van der Waals surface area contributed by atoms with Crippen LogP contribution in [0.1, 0.15) is 11.1 Å². The molecule has 0 radical (unpaired) electrons. The van der Waals surface area contributed by atoms with Crippen LogP contribution in [0.25, 0.3) is 0 Å². The normalized spacial score (nSPS) is 17.6. The molecule has 11 heteroatoms. The zero-order valence-corrected chi connectivity index (χ0v) is 19.8. The van der Waals surface area contributed by atoms with Gasteiger partial charge in [-0.2, -0.15) is 0 Å². The number of nitrogens with zero attached hydrogens (tertiary/aromatic N) is 2. The number of fused-ring (bicyclic) bond motifs is 1. The third-order valence-electron chi connectivity index (χ3n) is 5.58. The maximum atomic E-state index is 12.9. The highest BCUT2D eigenvalue weighted by atomic mass is 16.5. The van der Waals surface area contributed by atoms with E-state index in [1.165, 1.54) is 0 Å². The Balaban J connectivity index is 1.51. The largest absolute Gasteiger partial charge is 0.405 e. The van der Waals surface area contributed by atoms with Gasteiger partial charge in [-0.05, 0) is 6.07 Å². The van der Waals surface area contributed by atoms with Crippen molar-refractivity contribution < 1.29 is 14.3 Å². The van der Waals surface area contributed by atoms with Gasteiger partial charge < -0.3 is 30.3 Å². The van der Waals surface area contributed by atoms with Gasteiger partial charge in [-0.1, -0.05) is 48.5 Å². The molecule has 0 bridgehead atoms. The number of benzene rings is 2. The Hall–Kier alpha value is -4.51. The Labute approximate surface area is 208 Å². The summed E-state index contributed by atoms with van der Waals surface area (Å²) in [5, 5.41) is 33.3. The number of anilines is 1. The van der Waals surface area contributed by atoms with Gasteiger partial charge >= 0.3 is 0 Å². The lowest BCUT2D eigenvalue weighted by molar-refractivity contribution is -0.117. The first-order valence-electron chi connectivity index (χ1n) is 11.4. The number of aliphatic imine (C=N–C) groups is 1. The van der Waals surface area contributed by atoms with Crippen molar-refractivity contribution >= 4 is 34.9 Å². The summed E-state index contributed by atoms with van der Waals surface area (Å²) in [5.74, 6) is -1.02. The van der Waals surface area contributed by atoms with Crippen molar-refractivity contribution in [2.45, 2.75) is 6.17 Å². The maximum Gasteiger partial charge on any atom is 0.290 e. The lowest BCUT2D eigenvalue weighted by atomic mass is 10.0. The zero-order valence-electron chi connectivity index (χ0n) is 19.8. The molecule has 186 valence electrons. The third kappa shape index (κ3) is 5.58. The van der Waals surface area contributed by atoms with Crippen LogP contribution in [0.3, 0.4) is 0 Å². The molecular weight excluding hydrogens is 460 g/mol. The van der Waals surface area contributed by atoms with Gasteiger partial charge in [0.25, 0.3) is 11.9 Å². The number of carbonyl (C=O) groups excluding carboxylic acids is 1. The van der Waals surface area contributed by atoms with Gasteiger partial charge in [-0.25, -0.2) is 4.99 Å². The molecule has 1 unspecified atom stereocenters. The topological polar surface area (TPSA) is 159 Å². The van der Waals surface area contributed by atoms with E-state index in [1.807, 2.05) is 53.4 Å². The molecule has 2 aromatic rings. The number of rotatable bonds is 6. The van der Waals surface area contributed by atoms with E-state index in [0.717, 1.165) is 11.1 Å². The second-order valence-electron chi connectivity index (χ2n) is 7.98. The van der Waals surface area contributed by atoms with Crippen LogP contribution in [0, 0.1) is 16.2 Å². The fourth-order valence-corrected chi connectivity index (χ4v) is 3.87. The first-order chi connectivity index (χ1) is 17.5. The minimum Gasteiger partial charge on any atom is -0.405 e. The minimum atomic E-state index is -1.19. The fraction of sp³-hybridized carbons (Fsp3) is 0.240. The van der Waals surface area contributed by atoms with E-state index in [1.54, 1.807) is 19.3 Å². The van der Waals surface area contributed by atoms with E-state index in [0.29, 0.717) is 43.4 Å². The summed E-state index contributed by atoms with van der Waals surface area (Å²) in [6.07, 6.45) is 0.420. The highest BCUT2D eigenvalue weighted by Gasteiger charge is 2.28. The predicted molar refractivity (Wildman–Crippen MR) is 138 cm³/mol. The van der Waals surface area contributed by atoms with Crippen molar-refractivity contribution in [2.75, 3.05) is 38.7 Å². The van der Waals surface area contributed by atoms with E-state index in [-0.39, 0.29) is 5.71 Å². The fourth-order valence-electron chi connectivity index (χ4n) is 3.87. The van der Waals surface area contributed by atoms with Crippen LogP contribution in [0.4, 0.5) is 5.69 Å². The Bertz CT molecular complexity index is 1220. The molecule has 0 aliphatic carbocycles. The van der Waals surface area contributed by atoms with E-state index >= 15 is 0 Å². The van der Waals surface area contributed by atoms with Crippen molar-refractivity contribution in [2.24, 2.45) is 4.99 Å². The van der Waals surface area contributed by atoms with Crippen molar-refractivity contribution in [1.82, 2.24) is 15.5 Å². The predicted octanol–water partition coefficient (Wildman–Crippen LogP) is 1.73. The molecule has 2 aliphatic heterocycles. The quantitative estimate of drug-likeness (QED) is 0.268. The summed E-state index contributed by atoms with van der Waals surface area (Å²) in [6, 6.07) is 16.2. The van der Waals surface area contributed by atoms with Gasteiger partial charge in [-0.3, -0.25) is 21.0 Å². The molecule has 0 spiro atoms. The molecule has 6 N–H and O–H groups in total. The monoisotopic (exact) mass is 488 g/mol. The van der Waals surface area contributed by atoms with Crippen LogP contribution < -0.4 is 16.0 Å². The average Bonchev–Trinajstić information content (AvgIpc) is 3.04. The Kier molecular flexibility index (Phi) is 7.71. The maximum absolute atomic E-state index is 12.9. The molecule has 1 saturated heterocycles. The smallest absolute Gasteiger partial charge is 0.290 e. The lowest BCUT2D eigenvalue weighted by Crippen LogP contribution is -2.45. The molecule has 0 aromatic heterocycles. The van der Waals surface area contributed by atoms with Crippen LogP contribution in [0.5, 0.6) is 0 Å². The highest BCUT2D eigenvalue weighted by Crippen LogP contribution is 2.23. The van der Waals surface area contributed by atoms with E-state index in [4.69, 9.17) is 25.7 Å². The number of hydrogen-bond donors (Lipinski definition) is 6.